The number of rotatable bonds is 6. The van der Waals surface area contributed by atoms with Gasteiger partial charge in [-0.25, -0.2) is 0 Å². The van der Waals surface area contributed by atoms with Crippen molar-refractivity contribution in [3.63, 3.8) is 0 Å². The molecule has 0 amide bonds. The second-order valence-corrected chi connectivity index (χ2v) is 3.70. The average molecular weight is 229 g/mol. The maximum Gasteiger partial charge on any atom is 0.194 e. The highest BCUT2D eigenvalue weighted by atomic mass is 35.5. The summed E-state index contributed by atoms with van der Waals surface area (Å²) in [6.45, 7) is 0. The molecular weight excluding hydrogens is 212 g/mol. The zero-order valence-electron chi connectivity index (χ0n) is 9.20. The molecule has 1 rings (SSSR count). The Morgan fingerprint density at radius 1 is 1.13 bits per heavy atom. The largest absolute Gasteiger partial charge is 0.349 e. The molecule has 84 valence electrons. The van der Waals surface area contributed by atoms with E-state index in [0.717, 1.165) is 18.4 Å². The van der Waals surface area contributed by atoms with Crippen LogP contribution in [0.1, 0.15) is 18.4 Å². The van der Waals surface area contributed by atoms with Crippen molar-refractivity contribution in [2.75, 3.05) is 20.1 Å². The minimum atomic E-state index is -0.657. The van der Waals surface area contributed by atoms with Gasteiger partial charge < -0.3 is 9.47 Å². The zero-order chi connectivity index (χ0) is 11.1. The molecule has 0 fully saturated rings. The second-order valence-electron chi connectivity index (χ2n) is 3.32. The number of ether oxygens (including phenoxy) is 2. The molecule has 15 heavy (non-hydrogen) atoms. The van der Waals surface area contributed by atoms with E-state index < -0.39 is 5.79 Å². The molecule has 0 N–H and O–H groups in total. The van der Waals surface area contributed by atoms with E-state index in [0.29, 0.717) is 5.88 Å². The molecule has 1 aromatic carbocycles. The van der Waals surface area contributed by atoms with E-state index in [1.807, 2.05) is 30.3 Å². The lowest BCUT2D eigenvalue weighted by atomic mass is 10.0. The first-order valence-electron chi connectivity index (χ1n) is 5.01. The molecule has 0 aliphatic carbocycles. The van der Waals surface area contributed by atoms with Crippen LogP contribution in [-0.4, -0.2) is 20.1 Å². The Hall–Kier alpha value is -0.570. The first kappa shape index (κ1) is 12.5. The van der Waals surface area contributed by atoms with Crippen LogP contribution in [0.3, 0.4) is 0 Å². The molecule has 0 heterocycles. The first-order chi connectivity index (χ1) is 7.29. The summed E-state index contributed by atoms with van der Waals surface area (Å²) in [4.78, 5) is 0. The molecule has 0 radical (unpaired) electrons. The lowest BCUT2D eigenvalue weighted by Gasteiger charge is -2.31. The molecule has 0 aromatic heterocycles. The SMILES string of the molecule is COC(CCCCl)(OC)c1ccccc1. The fraction of sp³-hybridized carbons (Fsp3) is 0.500. The molecule has 0 spiro atoms. The van der Waals surface area contributed by atoms with Gasteiger partial charge >= 0.3 is 0 Å². The topological polar surface area (TPSA) is 18.5 Å². The molecule has 0 saturated heterocycles. The molecule has 0 bridgehead atoms. The summed E-state index contributed by atoms with van der Waals surface area (Å²) < 4.78 is 11.0. The average Bonchev–Trinajstić information content (AvgIpc) is 2.33. The van der Waals surface area contributed by atoms with Crippen LogP contribution in [0.15, 0.2) is 30.3 Å². The molecule has 3 heteroatoms. The Morgan fingerprint density at radius 3 is 2.20 bits per heavy atom. The van der Waals surface area contributed by atoms with Gasteiger partial charge in [-0.05, 0) is 6.42 Å². The van der Waals surface area contributed by atoms with Crippen LogP contribution in [0.2, 0.25) is 0 Å². The lowest BCUT2D eigenvalue weighted by molar-refractivity contribution is -0.220. The number of alkyl halides is 1. The third-order valence-corrected chi connectivity index (χ3v) is 2.78. The summed E-state index contributed by atoms with van der Waals surface area (Å²) in [5.74, 6) is -0.0442. The van der Waals surface area contributed by atoms with Crippen LogP contribution in [0.25, 0.3) is 0 Å². The van der Waals surface area contributed by atoms with Gasteiger partial charge in [0.15, 0.2) is 5.79 Å². The first-order valence-corrected chi connectivity index (χ1v) is 5.54. The molecule has 0 aliphatic heterocycles. The molecular formula is C12H17ClO2. The van der Waals surface area contributed by atoms with E-state index in [1.54, 1.807) is 14.2 Å². The molecule has 1 aromatic rings. The number of halogens is 1. The second kappa shape index (κ2) is 6.11. The summed E-state index contributed by atoms with van der Waals surface area (Å²) in [7, 11) is 3.31. The third-order valence-electron chi connectivity index (χ3n) is 2.51. The van der Waals surface area contributed by atoms with Crippen LogP contribution in [0.4, 0.5) is 0 Å². The zero-order valence-corrected chi connectivity index (χ0v) is 9.96. The van der Waals surface area contributed by atoms with Crippen molar-refractivity contribution in [2.24, 2.45) is 0 Å². The van der Waals surface area contributed by atoms with Crippen molar-refractivity contribution in [1.82, 2.24) is 0 Å². The Bertz CT molecular complexity index is 270. The normalized spacial score (nSPS) is 11.7. The minimum absolute atomic E-state index is 0.612. The molecule has 0 aliphatic rings. The van der Waals surface area contributed by atoms with Gasteiger partial charge in [-0.15, -0.1) is 11.6 Å². The van der Waals surface area contributed by atoms with Crippen LogP contribution >= 0.6 is 11.6 Å². The maximum absolute atomic E-state index is 5.70. The number of hydrogen-bond acceptors (Lipinski definition) is 2. The van der Waals surface area contributed by atoms with Crippen LogP contribution in [0.5, 0.6) is 0 Å². The Morgan fingerprint density at radius 2 is 1.73 bits per heavy atom. The van der Waals surface area contributed by atoms with E-state index in [-0.39, 0.29) is 0 Å². The van der Waals surface area contributed by atoms with Gasteiger partial charge in [0.2, 0.25) is 0 Å². The predicted molar refractivity (Wildman–Crippen MR) is 62.1 cm³/mol. The number of benzene rings is 1. The van der Waals surface area contributed by atoms with E-state index >= 15 is 0 Å². The van der Waals surface area contributed by atoms with Crippen LogP contribution in [0, 0.1) is 0 Å². The van der Waals surface area contributed by atoms with E-state index in [2.05, 4.69) is 0 Å². The highest BCUT2D eigenvalue weighted by molar-refractivity contribution is 6.17. The Labute approximate surface area is 96.2 Å². The molecule has 0 unspecified atom stereocenters. The maximum atomic E-state index is 5.70. The standard InChI is InChI=1S/C12H17ClO2/c1-14-12(15-2,9-6-10-13)11-7-4-3-5-8-11/h3-5,7-8H,6,9-10H2,1-2H3. The smallest absolute Gasteiger partial charge is 0.194 e. The van der Waals surface area contributed by atoms with Gasteiger partial charge in [-0.3, -0.25) is 0 Å². The van der Waals surface area contributed by atoms with Crippen LogP contribution < -0.4 is 0 Å². The predicted octanol–water partition coefficient (Wildman–Crippen LogP) is 3.15. The highest BCUT2D eigenvalue weighted by Crippen LogP contribution is 2.30. The van der Waals surface area contributed by atoms with Gasteiger partial charge in [-0.1, -0.05) is 30.3 Å². The summed E-state index contributed by atoms with van der Waals surface area (Å²) in [5, 5.41) is 0. The summed E-state index contributed by atoms with van der Waals surface area (Å²) in [6.07, 6.45) is 1.62. The summed E-state index contributed by atoms with van der Waals surface area (Å²) in [6, 6.07) is 9.93. The van der Waals surface area contributed by atoms with Crippen LogP contribution in [-0.2, 0) is 15.3 Å². The van der Waals surface area contributed by atoms with Crippen molar-refractivity contribution >= 4 is 11.6 Å². The number of hydrogen-bond donors (Lipinski definition) is 0. The summed E-state index contributed by atoms with van der Waals surface area (Å²) >= 11 is 5.70. The van der Waals surface area contributed by atoms with Crippen molar-refractivity contribution in [3.05, 3.63) is 35.9 Å². The van der Waals surface area contributed by atoms with Gasteiger partial charge in [0.1, 0.15) is 0 Å². The highest BCUT2D eigenvalue weighted by Gasteiger charge is 2.30. The van der Waals surface area contributed by atoms with Gasteiger partial charge in [0.05, 0.1) is 0 Å². The van der Waals surface area contributed by atoms with Gasteiger partial charge in [0.25, 0.3) is 0 Å². The molecule has 0 atom stereocenters. The summed E-state index contributed by atoms with van der Waals surface area (Å²) in [5.41, 5.74) is 1.03. The fourth-order valence-corrected chi connectivity index (χ4v) is 1.79. The Balaban J connectivity index is 2.89. The molecule has 0 saturated carbocycles. The van der Waals surface area contributed by atoms with Crippen molar-refractivity contribution in [1.29, 1.82) is 0 Å². The quantitative estimate of drug-likeness (QED) is 0.550. The number of methoxy groups -OCH3 is 2. The van der Waals surface area contributed by atoms with Gasteiger partial charge in [0, 0.05) is 32.1 Å². The monoisotopic (exact) mass is 228 g/mol. The third kappa shape index (κ3) is 2.94. The van der Waals surface area contributed by atoms with E-state index in [9.17, 15) is 0 Å². The van der Waals surface area contributed by atoms with Gasteiger partial charge in [-0.2, -0.15) is 0 Å². The van der Waals surface area contributed by atoms with E-state index in [4.69, 9.17) is 21.1 Å². The van der Waals surface area contributed by atoms with Crippen molar-refractivity contribution in [3.8, 4) is 0 Å². The fourth-order valence-electron chi connectivity index (χ4n) is 1.66. The minimum Gasteiger partial charge on any atom is -0.349 e. The lowest BCUT2D eigenvalue weighted by Crippen LogP contribution is -2.30. The van der Waals surface area contributed by atoms with Crippen molar-refractivity contribution < 1.29 is 9.47 Å². The van der Waals surface area contributed by atoms with Crippen molar-refractivity contribution in [2.45, 2.75) is 18.6 Å². The molecule has 2 nitrogen and oxygen atoms in total. The Kier molecular flexibility index (Phi) is 5.09. The van der Waals surface area contributed by atoms with E-state index in [1.165, 1.54) is 0 Å².